The summed E-state index contributed by atoms with van der Waals surface area (Å²) in [7, 11) is -3.70. The number of sulfonamides is 1. The SMILES string of the molecule is N#Cc1ccccc1S(=O)(=O)N1CCN(CC(=O)NC2CCCCC2)CC1. The Morgan fingerprint density at radius 1 is 1.11 bits per heavy atom. The molecule has 0 spiro atoms. The molecule has 146 valence electrons. The molecule has 0 aromatic heterocycles. The fourth-order valence-electron chi connectivity index (χ4n) is 3.77. The van der Waals surface area contributed by atoms with E-state index in [9.17, 15) is 18.5 Å². The van der Waals surface area contributed by atoms with Gasteiger partial charge in [-0.1, -0.05) is 31.4 Å². The van der Waals surface area contributed by atoms with Crippen molar-refractivity contribution >= 4 is 15.9 Å². The maximum absolute atomic E-state index is 12.8. The third kappa shape index (κ3) is 4.86. The highest BCUT2D eigenvalue weighted by Gasteiger charge is 2.30. The van der Waals surface area contributed by atoms with Crippen LogP contribution in [0.15, 0.2) is 29.2 Å². The van der Waals surface area contributed by atoms with Crippen LogP contribution in [0, 0.1) is 11.3 Å². The standard InChI is InChI=1S/C19H26N4O3S/c20-14-16-6-4-5-9-18(16)27(25,26)23-12-10-22(11-13-23)15-19(24)21-17-7-2-1-3-8-17/h4-6,9,17H,1-3,7-8,10-13,15H2,(H,21,24). The minimum absolute atomic E-state index is 0.0213. The first-order valence-electron chi connectivity index (χ1n) is 9.51. The molecule has 1 amide bonds. The molecule has 1 N–H and O–H groups in total. The van der Waals surface area contributed by atoms with Gasteiger partial charge in [-0.3, -0.25) is 9.69 Å². The number of nitrogens with zero attached hydrogens (tertiary/aromatic N) is 3. The first-order chi connectivity index (χ1) is 13.0. The van der Waals surface area contributed by atoms with Gasteiger partial charge in [0.15, 0.2) is 0 Å². The van der Waals surface area contributed by atoms with Gasteiger partial charge in [-0.2, -0.15) is 9.57 Å². The van der Waals surface area contributed by atoms with Crippen LogP contribution in [0.25, 0.3) is 0 Å². The lowest BCUT2D eigenvalue weighted by Crippen LogP contribution is -2.52. The third-order valence-electron chi connectivity index (χ3n) is 5.29. The van der Waals surface area contributed by atoms with E-state index in [2.05, 4.69) is 5.32 Å². The first kappa shape index (κ1) is 19.8. The summed E-state index contributed by atoms with van der Waals surface area (Å²) in [5, 5.41) is 12.3. The van der Waals surface area contributed by atoms with Crippen molar-refractivity contribution in [2.75, 3.05) is 32.7 Å². The lowest BCUT2D eigenvalue weighted by molar-refractivity contribution is -0.123. The highest BCUT2D eigenvalue weighted by atomic mass is 32.2. The van der Waals surface area contributed by atoms with Crippen LogP contribution in [0.2, 0.25) is 0 Å². The Kier molecular flexibility index (Phi) is 6.47. The summed E-state index contributed by atoms with van der Waals surface area (Å²) in [6, 6.07) is 8.49. The molecule has 1 aromatic carbocycles. The minimum Gasteiger partial charge on any atom is -0.352 e. The molecule has 0 atom stereocenters. The summed E-state index contributed by atoms with van der Waals surface area (Å²) in [5.74, 6) is 0.0213. The number of piperazine rings is 1. The molecule has 0 unspecified atom stereocenters. The van der Waals surface area contributed by atoms with E-state index in [-0.39, 0.29) is 22.4 Å². The molecule has 8 heteroatoms. The van der Waals surface area contributed by atoms with E-state index in [1.165, 1.54) is 35.7 Å². The summed E-state index contributed by atoms with van der Waals surface area (Å²) in [6.07, 6.45) is 5.70. The van der Waals surface area contributed by atoms with Crippen molar-refractivity contribution in [1.29, 1.82) is 5.26 Å². The van der Waals surface area contributed by atoms with Crippen LogP contribution in [0.3, 0.4) is 0 Å². The first-order valence-corrected chi connectivity index (χ1v) is 11.0. The predicted molar refractivity (Wildman–Crippen MR) is 101 cm³/mol. The smallest absolute Gasteiger partial charge is 0.244 e. The molecule has 2 aliphatic rings. The maximum Gasteiger partial charge on any atom is 0.244 e. The molecular formula is C19H26N4O3S. The highest BCUT2D eigenvalue weighted by molar-refractivity contribution is 7.89. The second-order valence-electron chi connectivity index (χ2n) is 7.19. The Morgan fingerprint density at radius 2 is 1.78 bits per heavy atom. The van der Waals surface area contributed by atoms with Crippen molar-refractivity contribution in [2.24, 2.45) is 0 Å². The average molecular weight is 391 g/mol. The van der Waals surface area contributed by atoms with Crippen LogP contribution >= 0.6 is 0 Å². The van der Waals surface area contributed by atoms with Gasteiger partial charge in [0.25, 0.3) is 0 Å². The second-order valence-corrected chi connectivity index (χ2v) is 9.10. The largest absolute Gasteiger partial charge is 0.352 e. The highest BCUT2D eigenvalue weighted by Crippen LogP contribution is 2.21. The maximum atomic E-state index is 12.8. The molecule has 27 heavy (non-hydrogen) atoms. The molecule has 0 radical (unpaired) electrons. The summed E-state index contributed by atoms with van der Waals surface area (Å²) >= 11 is 0. The van der Waals surface area contributed by atoms with Gasteiger partial charge in [-0.25, -0.2) is 8.42 Å². The van der Waals surface area contributed by atoms with Gasteiger partial charge >= 0.3 is 0 Å². The van der Waals surface area contributed by atoms with Crippen LogP contribution in [0.4, 0.5) is 0 Å². The number of nitrogens with one attached hydrogen (secondary N) is 1. The Balaban J connectivity index is 1.54. The van der Waals surface area contributed by atoms with Crippen molar-refractivity contribution in [3.05, 3.63) is 29.8 Å². The molecule has 1 aliphatic carbocycles. The van der Waals surface area contributed by atoms with E-state index in [1.807, 2.05) is 11.0 Å². The summed E-state index contributed by atoms with van der Waals surface area (Å²) in [4.78, 5) is 14.3. The number of amides is 1. The van der Waals surface area contributed by atoms with Gasteiger partial charge in [-0.05, 0) is 25.0 Å². The van der Waals surface area contributed by atoms with E-state index >= 15 is 0 Å². The fourth-order valence-corrected chi connectivity index (χ4v) is 5.34. The quantitative estimate of drug-likeness (QED) is 0.818. The van der Waals surface area contributed by atoms with E-state index < -0.39 is 10.0 Å². The van der Waals surface area contributed by atoms with E-state index in [1.54, 1.807) is 12.1 Å². The van der Waals surface area contributed by atoms with Crippen LogP contribution in [0.1, 0.15) is 37.7 Å². The van der Waals surface area contributed by atoms with Crippen LogP contribution in [0.5, 0.6) is 0 Å². The van der Waals surface area contributed by atoms with E-state index in [0.717, 1.165) is 12.8 Å². The zero-order valence-electron chi connectivity index (χ0n) is 15.4. The van der Waals surface area contributed by atoms with Crippen LogP contribution in [-0.2, 0) is 14.8 Å². The summed E-state index contributed by atoms with van der Waals surface area (Å²) in [6.45, 7) is 1.95. The zero-order valence-corrected chi connectivity index (χ0v) is 16.2. The number of hydrogen-bond donors (Lipinski definition) is 1. The minimum atomic E-state index is -3.70. The van der Waals surface area contributed by atoms with Gasteiger partial charge in [0.05, 0.1) is 17.0 Å². The zero-order chi connectivity index (χ0) is 19.3. The number of carbonyl (C=O) groups excluding carboxylic acids is 1. The fraction of sp³-hybridized carbons (Fsp3) is 0.579. The molecule has 7 nitrogen and oxygen atoms in total. The van der Waals surface area contributed by atoms with Gasteiger partial charge in [0.2, 0.25) is 15.9 Å². The Labute approximate surface area is 161 Å². The number of hydrogen-bond acceptors (Lipinski definition) is 5. The number of benzene rings is 1. The Morgan fingerprint density at radius 3 is 2.44 bits per heavy atom. The molecule has 2 fully saturated rings. The molecule has 1 saturated carbocycles. The second kappa shape index (κ2) is 8.83. The van der Waals surface area contributed by atoms with Gasteiger partial charge in [0, 0.05) is 32.2 Å². The van der Waals surface area contributed by atoms with Gasteiger partial charge in [-0.15, -0.1) is 0 Å². The van der Waals surface area contributed by atoms with Crippen molar-refractivity contribution in [1.82, 2.24) is 14.5 Å². The van der Waals surface area contributed by atoms with Crippen molar-refractivity contribution < 1.29 is 13.2 Å². The lowest BCUT2D eigenvalue weighted by Gasteiger charge is -2.34. The Hall–Kier alpha value is -1.95. The van der Waals surface area contributed by atoms with E-state index in [0.29, 0.717) is 32.7 Å². The normalized spacial score (nSPS) is 20.1. The topological polar surface area (TPSA) is 93.5 Å². The summed E-state index contributed by atoms with van der Waals surface area (Å²) < 4.78 is 27.1. The molecule has 1 aromatic rings. The number of nitriles is 1. The van der Waals surface area contributed by atoms with Gasteiger partial charge in [0.1, 0.15) is 6.07 Å². The molecule has 3 rings (SSSR count). The van der Waals surface area contributed by atoms with Crippen molar-refractivity contribution in [2.45, 2.75) is 43.0 Å². The summed E-state index contributed by atoms with van der Waals surface area (Å²) in [5.41, 5.74) is 0.159. The van der Waals surface area contributed by atoms with Crippen LogP contribution in [-0.4, -0.2) is 62.3 Å². The van der Waals surface area contributed by atoms with Crippen molar-refractivity contribution in [3.8, 4) is 6.07 Å². The number of carbonyl (C=O) groups is 1. The van der Waals surface area contributed by atoms with Crippen LogP contribution < -0.4 is 5.32 Å². The third-order valence-corrected chi connectivity index (χ3v) is 7.25. The average Bonchev–Trinajstić information content (AvgIpc) is 2.69. The molecule has 1 saturated heterocycles. The number of rotatable bonds is 5. The van der Waals surface area contributed by atoms with E-state index in [4.69, 9.17) is 0 Å². The monoisotopic (exact) mass is 390 g/mol. The molecular weight excluding hydrogens is 364 g/mol. The Bertz CT molecular complexity index is 804. The predicted octanol–water partition coefficient (Wildman–Crippen LogP) is 1.31. The molecule has 0 bridgehead atoms. The van der Waals surface area contributed by atoms with Crippen molar-refractivity contribution in [3.63, 3.8) is 0 Å². The molecule has 1 aliphatic heterocycles. The van der Waals surface area contributed by atoms with Gasteiger partial charge < -0.3 is 5.32 Å². The molecule has 1 heterocycles. The lowest BCUT2D eigenvalue weighted by atomic mass is 9.95.